The molecule has 1 aliphatic rings. The molecule has 0 aliphatic heterocycles. The summed E-state index contributed by atoms with van der Waals surface area (Å²) in [6.45, 7) is 1.44. The van der Waals surface area contributed by atoms with Crippen LogP contribution < -0.4 is 0 Å². The van der Waals surface area contributed by atoms with Gasteiger partial charge in [-0.15, -0.1) is 0 Å². The highest BCUT2D eigenvalue weighted by atomic mass is 32.1. The van der Waals surface area contributed by atoms with Crippen LogP contribution in [0.15, 0.2) is 36.9 Å². The zero-order chi connectivity index (χ0) is 17.4. The zero-order valence-electron chi connectivity index (χ0n) is 14.4. The second-order valence-corrected chi connectivity index (χ2v) is 6.99. The minimum Gasteiger partial charge on any atom is -0.297 e. The molecular weight excluding hydrogens is 334 g/mol. The van der Waals surface area contributed by atoms with E-state index >= 15 is 0 Å². The molecule has 4 rings (SSSR count). The summed E-state index contributed by atoms with van der Waals surface area (Å²) in [5.74, 6) is 0.912. The van der Waals surface area contributed by atoms with Gasteiger partial charge < -0.3 is 0 Å². The lowest BCUT2D eigenvalue weighted by Gasteiger charge is -2.15. The van der Waals surface area contributed by atoms with Crippen LogP contribution >= 0.6 is 12.2 Å². The lowest BCUT2D eigenvalue weighted by molar-refractivity contribution is 0.244. The molecule has 3 aromatic heterocycles. The second kappa shape index (κ2) is 6.53. The van der Waals surface area contributed by atoms with E-state index in [0.717, 1.165) is 22.7 Å². The van der Waals surface area contributed by atoms with Crippen molar-refractivity contribution in [1.82, 2.24) is 34.0 Å². The molecule has 0 spiro atoms. The van der Waals surface area contributed by atoms with Gasteiger partial charge in [0, 0.05) is 49.4 Å². The summed E-state index contributed by atoms with van der Waals surface area (Å²) in [7, 11) is 3.99. The highest BCUT2D eigenvalue weighted by Gasteiger charge is 2.29. The van der Waals surface area contributed by atoms with Crippen molar-refractivity contribution in [2.75, 3.05) is 7.05 Å². The Morgan fingerprint density at radius 1 is 1.32 bits per heavy atom. The second-order valence-electron chi connectivity index (χ2n) is 6.63. The number of pyridine rings is 1. The summed E-state index contributed by atoms with van der Waals surface area (Å²) in [5.41, 5.74) is 2.18. The molecule has 0 bridgehead atoms. The van der Waals surface area contributed by atoms with Gasteiger partial charge in [-0.3, -0.25) is 19.1 Å². The zero-order valence-corrected chi connectivity index (χ0v) is 15.2. The van der Waals surface area contributed by atoms with Crippen LogP contribution in [0, 0.1) is 4.77 Å². The Labute approximate surface area is 151 Å². The Morgan fingerprint density at radius 3 is 2.80 bits per heavy atom. The van der Waals surface area contributed by atoms with E-state index in [9.17, 15) is 0 Å². The summed E-state index contributed by atoms with van der Waals surface area (Å²) in [5, 5.41) is 9.02. The first-order valence-corrected chi connectivity index (χ1v) is 8.78. The van der Waals surface area contributed by atoms with Crippen molar-refractivity contribution >= 4 is 12.2 Å². The van der Waals surface area contributed by atoms with E-state index < -0.39 is 0 Å². The first-order valence-electron chi connectivity index (χ1n) is 8.37. The van der Waals surface area contributed by atoms with Crippen LogP contribution in [-0.2, 0) is 20.3 Å². The van der Waals surface area contributed by atoms with Gasteiger partial charge in [0.25, 0.3) is 0 Å². The average molecular weight is 355 g/mol. The van der Waals surface area contributed by atoms with Crippen molar-refractivity contribution in [3.8, 4) is 11.4 Å². The Balaban J connectivity index is 1.60. The molecule has 25 heavy (non-hydrogen) atoms. The smallest absolute Gasteiger partial charge is 0.199 e. The average Bonchev–Trinajstić information content (AvgIpc) is 3.28. The normalized spacial score (nSPS) is 14.4. The molecule has 0 unspecified atom stereocenters. The number of nitrogens with zero attached hydrogens (tertiary/aromatic N) is 7. The third-order valence-corrected chi connectivity index (χ3v) is 4.70. The van der Waals surface area contributed by atoms with Crippen LogP contribution in [0.2, 0.25) is 0 Å². The van der Waals surface area contributed by atoms with E-state index in [-0.39, 0.29) is 0 Å². The standard InChI is InChI=1S/C17H21N7S/c1-21(10-13-8-19-22(2)11-13)12-23-17(25)24(15-5-6-15)16(20-23)14-4-3-7-18-9-14/h3-4,7-9,11,15H,5-6,10,12H2,1-2H3. The molecule has 3 aromatic rings. The Hall–Kier alpha value is -2.32. The lowest BCUT2D eigenvalue weighted by atomic mass is 10.3. The first-order chi connectivity index (χ1) is 12.1. The van der Waals surface area contributed by atoms with E-state index in [1.54, 1.807) is 6.20 Å². The van der Waals surface area contributed by atoms with E-state index in [1.807, 2.05) is 47.1 Å². The minimum absolute atomic E-state index is 0.472. The predicted octanol–water partition coefficient (Wildman–Crippen LogP) is 2.63. The molecule has 0 atom stereocenters. The van der Waals surface area contributed by atoms with Crippen LogP contribution in [0.4, 0.5) is 0 Å². The Kier molecular flexibility index (Phi) is 4.22. The fourth-order valence-electron chi connectivity index (χ4n) is 3.01. The number of hydrogen-bond acceptors (Lipinski definition) is 5. The molecule has 0 amide bonds. The maximum absolute atomic E-state index is 5.72. The lowest BCUT2D eigenvalue weighted by Crippen LogP contribution is -2.22. The highest BCUT2D eigenvalue weighted by molar-refractivity contribution is 7.71. The maximum atomic E-state index is 5.72. The highest BCUT2D eigenvalue weighted by Crippen LogP contribution is 2.38. The largest absolute Gasteiger partial charge is 0.297 e. The van der Waals surface area contributed by atoms with Crippen molar-refractivity contribution in [3.63, 3.8) is 0 Å². The Bertz CT molecular complexity index is 920. The van der Waals surface area contributed by atoms with E-state index in [4.69, 9.17) is 17.3 Å². The molecule has 7 nitrogen and oxygen atoms in total. The molecule has 0 N–H and O–H groups in total. The van der Waals surface area contributed by atoms with Crippen molar-refractivity contribution in [2.24, 2.45) is 7.05 Å². The fourth-order valence-corrected chi connectivity index (χ4v) is 3.34. The van der Waals surface area contributed by atoms with Crippen molar-refractivity contribution in [2.45, 2.75) is 32.1 Å². The van der Waals surface area contributed by atoms with Crippen molar-refractivity contribution in [1.29, 1.82) is 0 Å². The van der Waals surface area contributed by atoms with Crippen LogP contribution in [0.5, 0.6) is 0 Å². The number of aromatic nitrogens is 6. The quantitative estimate of drug-likeness (QED) is 0.636. The molecule has 3 heterocycles. The van der Waals surface area contributed by atoms with E-state index in [2.05, 4.69) is 26.6 Å². The van der Waals surface area contributed by atoms with Crippen LogP contribution in [0.25, 0.3) is 11.4 Å². The molecule has 1 aliphatic carbocycles. The number of rotatable bonds is 6. The molecule has 0 radical (unpaired) electrons. The molecule has 130 valence electrons. The topological polar surface area (TPSA) is 56.7 Å². The van der Waals surface area contributed by atoms with E-state index in [0.29, 0.717) is 12.7 Å². The van der Waals surface area contributed by atoms with Crippen LogP contribution in [0.1, 0.15) is 24.4 Å². The molecule has 0 saturated heterocycles. The fraction of sp³-hybridized carbons (Fsp3) is 0.412. The van der Waals surface area contributed by atoms with Gasteiger partial charge in [-0.05, 0) is 44.2 Å². The van der Waals surface area contributed by atoms with Gasteiger partial charge in [-0.25, -0.2) is 4.68 Å². The van der Waals surface area contributed by atoms with Crippen LogP contribution in [-0.4, -0.2) is 41.1 Å². The van der Waals surface area contributed by atoms with Crippen molar-refractivity contribution < 1.29 is 0 Å². The monoisotopic (exact) mass is 355 g/mol. The van der Waals surface area contributed by atoms with Gasteiger partial charge in [0.1, 0.15) is 0 Å². The molecular formula is C17H21N7S. The summed E-state index contributed by atoms with van der Waals surface area (Å²) in [4.78, 5) is 6.41. The molecule has 1 saturated carbocycles. The minimum atomic E-state index is 0.472. The van der Waals surface area contributed by atoms with Crippen LogP contribution in [0.3, 0.4) is 0 Å². The number of aryl methyl sites for hydroxylation is 1. The van der Waals surface area contributed by atoms with Gasteiger partial charge in [-0.2, -0.15) is 10.2 Å². The summed E-state index contributed by atoms with van der Waals surface area (Å²) in [6, 6.07) is 4.44. The van der Waals surface area contributed by atoms with Gasteiger partial charge in [0.05, 0.1) is 12.9 Å². The first kappa shape index (κ1) is 16.2. The predicted molar refractivity (Wildman–Crippen MR) is 97.2 cm³/mol. The van der Waals surface area contributed by atoms with Gasteiger partial charge in [-0.1, -0.05) is 0 Å². The molecule has 8 heteroatoms. The third kappa shape index (κ3) is 3.40. The maximum Gasteiger partial charge on any atom is 0.199 e. The Morgan fingerprint density at radius 2 is 2.16 bits per heavy atom. The summed E-state index contributed by atoms with van der Waals surface area (Å²) >= 11 is 5.72. The number of hydrogen-bond donors (Lipinski definition) is 0. The van der Waals surface area contributed by atoms with E-state index in [1.165, 1.54) is 18.4 Å². The van der Waals surface area contributed by atoms with Gasteiger partial charge >= 0.3 is 0 Å². The van der Waals surface area contributed by atoms with Gasteiger partial charge in [0.2, 0.25) is 0 Å². The van der Waals surface area contributed by atoms with Gasteiger partial charge in [0.15, 0.2) is 10.6 Å². The SMILES string of the molecule is CN(Cc1cnn(C)c1)Cn1nc(-c2cccnc2)n(C2CC2)c1=S. The van der Waals surface area contributed by atoms with Crippen molar-refractivity contribution in [3.05, 3.63) is 47.3 Å². The molecule has 0 aromatic carbocycles. The molecule has 1 fully saturated rings. The summed E-state index contributed by atoms with van der Waals surface area (Å²) < 4.78 is 6.69. The summed E-state index contributed by atoms with van der Waals surface area (Å²) in [6.07, 6.45) is 9.87. The third-order valence-electron chi connectivity index (χ3n) is 4.29.